The third-order valence-electron chi connectivity index (χ3n) is 1.33. The highest BCUT2D eigenvalue weighted by atomic mass is 79.9. The summed E-state index contributed by atoms with van der Waals surface area (Å²) in [4.78, 5) is 10.2. The molecule has 0 aliphatic carbocycles. The second kappa shape index (κ2) is 4.87. The van der Waals surface area contributed by atoms with Crippen LogP contribution in [0, 0.1) is 0 Å². The highest BCUT2D eigenvalue weighted by Crippen LogP contribution is 2.33. The van der Waals surface area contributed by atoms with E-state index in [1.54, 1.807) is 0 Å². The van der Waals surface area contributed by atoms with E-state index in [0.29, 0.717) is 9.50 Å². The van der Waals surface area contributed by atoms with Crippen molar-refractivity contribution in [2.75, 3.05) is 6.61 Å². The molecule has 1 aromatic carbocycles. The molecular formula is C8H5BrCl2O3. The van der Waals surface area contributed by atoms with Gasteiger partial charge in [0.1, 0.15) is 5.75 Å². The summed E-state index contributed by atoms with van der Waals surface area (Å²) in [6.07, 6.45) is 0. The van der Waals surface area contributed by atoms with Gasteiger partial charge in [0.15, 0.2) is 6.61 Å². The largest absolute Gasteiger partial charge is 0.480 e. The Kier molecular flexibility index (Phi) is 4.04. The van der Waals surface area contributed by atoms with Gasteiger partial charge in [-0.25, -0.2) is 4.79 Å². The van der Waals surface area contributed by atoms with E-state index in [0.717, 1.165) is 0 Å². The fraction of sp³-hybridized carbons (Fsp3) is 0.125. The summed E-state index contributed by atoms with van der Waals surface area (Å²) in [5.74, 6) is -0.780. The monoisotopic (exact) mass is 298 g/mol. The molecule has 0 aliphatic heterocycles. The van der Waals surface area contributed by atoms with Crippen molar-refractivity contribution in [2.45, 2.75) is 0 Å². The molecule has 0 unspecified atom stereocenters. The van der Waals surface area contributed by atoms with E-state index in [4.69, 9.17) is 33.0 Å². The first-order valence-electron chi connectivity index (χ1n) is 3.50. The van der Waals surface area contributed by atoms with Gasteiger partial charge in [-0.3, -0.25) is 0 Å². The van der Waals surface area contributed by atoms with E-state index in [9.17, 15) is 4.79 Å². The van der Waals surface area contributed by atoms with E-state index < -0.39 is 12.6 Å². The molecule has 1 N–H and O–H groups in total. The van der Waals surface area contributed by atoms with Gasteiger partial charge in [-0.1, -0.05) is 23.2 Å². The fourth-order valence-corrected chi connectivity index (χ4v) is 1.51. The maximum Gasteiger partial charge on any atom is 0.341 e. The summed E-state index contributed by atoms with van der Waals surface area (Å²) in [5, 5.41) is 9.10. The minimum absolute atomic E-state index is 0.277. The average molecular weight is 300 g/mol. The summed E-state index contributed by atoms with van der Waals surface area (Å²) in [7, 11) is 0. The van der Waals surface area contributed by atoms with E-state index in [1.165, 1.54) is 12.1 Å². The fourth-order valence-electron chi connectivity index (χ4n) is 0.754. The molecule has 0 aromatic heterocycles. The van der Waals surface area contributed by atoms with Crippen LogP contribution in [0.2, 0.25) is 10.0 Å². The number of carboxylic acids is 1. The Balaban J connectivity index is 2.87. The summed E-state index contributed by atoms with van der Waals surface area (Å²) in [6, 6.07) is 3.00. The molecular weight excluding hydrogens is 295 g/mol. The first-order chi connectivity index (χ1) is 6.50. The third-order valence-corrected chi connectivity index (χ3v) is 2.82. The van der Waals surface area contributed by atoms with Crippen molar-refractivity contribution in [3.63, 3.8) is 0 Å². The molecule has 14 heavy (non-hydrogen) atoms. The summed E-state index contributed by atoms with van der Waals surface area (Å²) >= 11 is 14.7. The topological polar surface area (TPSA) is 46.5 Å². The summed E-state index contributed by atoms with van der Waals surface area (Å²) in [6.45, 7) is -0.437. The molecule has 0 radical (unpaired) electrons. The first-order valence-corrected chi connectivity index (χ1v) is 5.04. The molecule has 0 bridgehead atoms. The molecule has 76 valence electrons. The molecule has 1 rings (SSSR count). The molecule has 0 heterocycles. The van der Waals surface area contributed by atoms with Crippen molar-refractivity contribution in [1.29, 1.82) is 0 Å². The quantitative estimate of drug-likeness (QED) is 0.872. The van der Waals surface area contributed by atoms with Gasteiger partial charge in [-0.05, 0) is 28.1 Å². The first kappa shape index (κ1) is 11.6. The number of halogens is 3. The second-order valence-corrected chi connectivity index (χ2v) is 4.05. The van der Waals surface area contributed by atoms with Crippen LogP contribution in [0.4, 0.5) is 0 Å². The van der Waals surface area contributed by atoms with Crippen LogP contribution in [-0.4, -0.2) is 17.7 Å². The maximum absolute atomic E-state index is 10.2. The van der Waals surface area contributed by atoms with Crippen molar-refractivity contribution < 1.29 is 14.6 Å². The lowest BCUT2D eigenvalue weighted by atomic mass is 10.3. The molecule has 0 aliphatic rings. The molecule has 6 heteroatoms. The minimum atomic E-state index is -1.06. The average Bonchev–Trinajstić information content (AvgIpc) is 2.09. The van der Waals surface area contributed by atoms with Gasteiger partial charge in [-0.2, -0.15) is 0 Å². The molecule has 0 saturated carbocycles. The van der Waals surface area contributed by atoms with Gasteiger partial charge in [-0.15, -0.1) is 0 Å². The number of ether oxygens (including phenoxy) is 1. The Labute approximate surface area is 98.7 Å². The van der Waals surface area contributed by atoms with Crippen molar-refractivity contribution in [3.05, 3.63) is 26.7 Å². The SMILES string of the molecule is O=C(O)COc1cc(Br)c(Cl)cc1Cl. The van der Waals surface area contributed by atoms with Crippen LogP contribution in [0.15, 0.2) is 16.6 Å². The van der Waals surface area contributed by atoms with Crippen LogP contribution in [0.3, 0.4) is 0 Å². The Hall–Kier alpha value is -0.450. The Morgan fingerprint density at radius 3 is 2.64 bits per heavy atom. The third kappa shape index (κ3) is 3.04. The minimum Gasteiger partial charge on any atom is -0.480 e. The zero-order valence-corrected chi connectivity index (χ0v) is 9.86. The molecule has 3 nitrogen and oxygen atoms in total. The number of rotatable bonds is 3. The zero-order valence-electron chi connectivity index (χ0n) is 6.76. The molecule has 1 aromatic rings. The molecule has 0 spiro atoms. The van der Waals surface area contributed by atoms with Crippen molar-refractivity contribution >= 4 is 45.1 Å². The maximum atomic E-state index is 10.2. The van der Waals surface area contributed by atoms with Gasteiger partial charge in [0.25, 0.3) is 0 Å². The van der Waals surface area contributed by atoms with Gasteiger partial charge >= 0.3 is 5.97 Å². The van der Waals surface area contributed by atoms with Crippen LogP contribution in [0.1, 0.15) is 0 Å². The highest BCUT2D eigenvalue weighted by Gasteiger charge is 2.08. The second-order valence-electron chi connectivity index (χ2n) is 2.38. The number of carbonyl (C=O) groups is 1. The molecule has 0 atom stereocenters. The lowest BCUT2D eigenvalue weighted by Gasteiger charge is -2.06. The molecule has 0 fully saturated rings. The van der Waals surface area contributed by atoms with Gasteiger partial charge in [0.05, 0.1) is 10.0 Å². The van der Waals surface area contributed by atoms with E-state index in [-0.39, 0.29) is 10.8 Å². The van der Waals surface area contributed by atoms with Crippen LogP contribution in [0.25, 0.3) is 0 Å². The van der Waals surface area contributed by atoms with Gasteiger partial charge in [0, 0.05) is 4.47 Å². The molecule has 0 amide bonds. The van der Waals surface area contributed by atoms with Crippen molar-refractivity contribution in [2.24, 2.45) is 0 Å². The van der Waals surface area contributed by atoms with Crippen LogP contribution >= 0.6 is 39.1 Å². The lowest BCUT2D eigenvalue weighted by molar-refractivity contribution is -0.139. The van der Waals surface area contributed by atoms with E-state index >= 15 is 0 Å². The number of benzene rings is 1. The predicted octanol–water partition coefficient (Wildman–Crippen LogP) is 3.22. The normalized spacial score (nSPS) is 9.93. The summed E-state index contributed by atoms with van der Waals surface area (Å²) in [5.41, 5.74) is 0. The van der Waals surface area contributed by atoms with E-state index in [1.807, 2.05) is 0 Å². The van der Waals surface area contributed by atoms with Crippen molar-refractivity contribution in [3.8, 4) is 5.75 Å². The predicted molar refractivity (Wildman–Crippen MR) is 57.3 cm³/mol. The van der Waals surface area contributed by atoms with Crippen molar-refractivity contribution in [1.82, 2.24) is 0 Å². The van der Waals surface area contributed by atoms with Gasteiger partial charge in [0.2, 0.25) is 0 Å². The smallest absolute Gasteiger partial charge is 0.341 e. The van der Waals surface area contributed by atoms with E-state index in [2.05, 4.69) is 15.9 Å². The van der Waals surface area contributed by atoms with Crippen LogP contribution in [-0.2, 0) is 4.79 Å². The van der Waals surface area contributed by atoms with Crippen LogP contribution < -0.4 is 4.74 Å². The Bertz CT molecular complexity index is 368. The Morgan fingerprint density at radius 2 is 2.07 bits per heavy atom. The molecule has 0 saturated heterocycles. The zero-order chi connectivity index (χ0) is 10.7. The van der Waals surface area contributed by atoms with Crippen LogP contribution in [0.5, 0.6) is 5.75 Å². The lowest BCUT2D eigenvalue weighted by Crippen LogP contribution is -2.09. The number of aliphatic carboxylic acids is 1. The highest BCUT2D eigenvalue weighted by molar-refractivity contribution is 9.10. The number of hydrogen-bond acceptors (Lipinski definition) is 2. The Morgan fingerprint density at radius 1 is 1.43 bits per heavy atom. The number of carboxylic acid groups (broad SMARTS) is 1. The number of hydrogen-bond donors (Lipinski definition) is 1. The standard InChI is InChI=1S/C8H5BrCl2O3/c9-4-1-7(14-3-8(12)13)6(11)2-5(4)10/h1-2H,3H2,(H,12,13). The van der Waals surface area contributed by atoms with Gasteiger partial charge < -0.3 is 9.84 Å². The summed E-state index contributed by atoms with van der Waals surface area (Å²) < 4.78 is 5.51.